The quantitative estimate of drug-likeness (QED) is 0.761. The van der Waals surface area contributed by atoms with E-state index >= 15 is 0 Å². The third-order valence-corrected chi connectivity index (χ3v) is 5.72. The number of carbonyl (C=O) groups is 1. The van der Waals surface area contributed by atoms with Crippen LogP contribution < -0.4 is 11.1 Å². The molecule has 3 atom stereocenters. The van der Waals surface area contributed by atoms with Crippen LogP contribution in [-0.4, -0.2) is 66.6 Å². The molecular weight excluding hydrogens is 264 g/mol. The Balaban J connectivity index is 1.98. The number of nitrogens with one attached hydrogen (secondary N) is 1. The molecule has 0 aromatic carbocycles. The standard InChI is InChI=1S/C16H32N4O/c1-4-19(5-2)14-8-10-20(12-14)13-7-6-9-16(11-13,18-3)15(17)21/h13-14,18H,4-12H2,1-3H3,(H2,17,21). The Bertz CT molecular complexity index is 358. The maximum absolute atomic E-state index is 11.9. The van der Waals surface area contributed by atoms with Crippen LogP contribution in [0.25, 0.3) is 0 Å². The Morgan fingerprint density at radius 1 is 1.38 bits per heavy atom. The molecule has 2 aliphatic rings. The summed E-state index contributed by atoms with van der Waals surface area (Å²) in [6.45, 7) is 9.04. The fourth-order valence-corrected chi connectivity index (χ4v) is 4.27. The van der Waals surface area contributed by atoms with Crippen molar-refractivity contribution in [2.24, 2.45) is 5.73 Å². The minimum atomic E-state index is -0.490. The Hall–Kier alpha value is -0.650. The SMILES string of the molecule is CCN(CC)C1CCN(C2CCCC(NC)(C(N)=O)C2)C1. The summed E-state index contributed by atoms with van der Waals surface area (Å²) in [6.07, 6.45) is 5.27. The molecule has 21 heavy (non-hydrogen) atoms. The van der Waals surface area contributed by atoms with Crippen molar-refractivity contribution in [3.63, 3.8) is 0 Å². The molecule has 5 nitrogen and oxygen atoms in total. The van der Waals surface area contributed by atoms with Crippen LogP contribution in [0.1, 0.15) is 46.0 Å². The molecule has 1 heterocycles. The van der Waals surface area contributed by atoms with Crippen LogP contribution in [0, 0.1) is 0 Å². The fourth-order valence-electron chi connectivity index (χ4n) is 4.27. The number of amides is 1. The van der Waals surface area contributed by atoms with Gasteiger partial charge in [-0.15, -0.1) is 0 Å². The molecule has 2 rings (SSSR count). The Morgan fingerprint density at radius 2 is 2.10 bits per heavy atom. The molecule has 0 radical (unpaired) electrons. The van der Waals surface area contributed by atoms with E-state index < -0.39 is 5.54 Å². The average molecular weight is 296 g/mol. The number of likely N-dealkylation sites (N-methyl/N-ethyl adjacent to an activating group) is 2. The van der Waals surface area contributed by atoms with Gasteiger partial charge in [0.15, 0.2) is 0 Å². The van der Waals surface area contributed by atoms with E-state index in [0.29, 0.717) is 12.1 Å². The predicted molar refractivity (Wildman–Crippen MR) is 86.1 cm³/mol. The van der Waals surface area contributed by atoms with Gasteiger partial charge in [0.05, 0.1) is 5.54 Å². The van der Waals surface area contributed by atoms with Crippen molar-refractivity contribution in [3.05, 3.63) is 0 Å². The second kappa shape index (κ2) is 7.07. The summed E-state index contributed by atoms with van der Waals surface area (Å²) in [5, 5.41) is 3.22. The fraction of sp³-hybridized carbons (Fsp3) is 0.938. The molecule has 1 aliphatic heterocycles. The van der Waals surface area contributed by atoms with Crippen molar-refractivity contribution in [3.8, 4) is 0 Å². The molecule has 0 spiro atoms. The molecule has 3 N–H and O–H groups in total. The molecule has 5 heteroatoms. The van der Waals surface area contributed by atoms with E-state index in [9.17, 15) is 4.79 Å². The number of primary amides is 1. The van der Waals surface area contributed by atoms with Crippen LogP contribution in [0.15, 0.2) is 0 Å². The number of likely N-dealkylation sites (tertiary alicyclic amines) is 1. The van der Waals surface area contributed by atoms with Crippen molar-refractivity contribution in [2.45, 2.75) is 63.6 Å². The van der Waals surface area contributed by atoms with Gasteiger partial charge in [0.25, 0.3) is 0 Å². The smallest absolute Gasteiger partial charge is 0.237 e. The lowest BCUT2D eigenvalue weighted by molar-refractivity contribution is -0.126. The van der Waals surface area contributed by atoms with E-state index in [1.54, 1.807) is 0 Å². The predicted octanol–water partition coefficient (Wildman–Crippen LogP) is 0.789. The molecule has 1 amide bonds. The van der Waals surface area contributed by atoms with Gasteiger partial charge >= 0.3 is 0 Å². The van der Waals surface area contributed by atoms with Crippen LogP contribution in [0.3, 0.4) is 0 Å². The van der Waals surface area contributed by atoms with Gasteiger partial charge in [-0.25, -0.2) is 0 Å². The summed E-state index contributed by atoms with van der Waals surface area (Å²) in [5.74, 6) is -0.186. The molecule has 122 valence electrons. The molecule has 1 aliphatic carbocycles. The second-order valence-electron chi connectivity index (χ2n) is 6.61. The van der Waals surface area contributed by atoms with Crippen molar-refractivity contribution in [1.82, 2.24) is 15.1 Å². The molecule has 0 aromatic heterocycles. The minimum Gasteiger partial charge on any atom is -0.368 e. The Morgan fingerprint density at radius 3 is 2.67 bits per heavy atom. The highest BCUT2D eigenvalue weighted by Crippen LogP contribution is 2.33. The third kappa shape index (κ3) is 3.41. The lowest BCUT2D eigenvalue weighted by Crippen LogP contribution is -2.59. The van der Waals surface area contributed by atoms with Crippen molar-refractivity contribution >= 4 is 5.91 Å². The monoisotopic (exact) mass is 296 g/mol. The summed E-state index contributed by atoms with van der Waals surface area (Å²) < 4.78 is 0. The topological polar surface area (TPSA) is 61.6 Å². The van der Waals surface area contributed by atoms with Gasteiger partial charge in [-0.05, 0) is 52.2 Å². The van der Waals surface area contributed by atoms with E-state index in [0.717, 1.165) is 45.4 Å². The first-order chi connectivity index (χ1) is 10.1. The van der Waals surface area contributed by atoms with Crippen molar-refractivity contribution in [2.75, 3.05) is 33.2 Å². The van der Waals surface area contributed by atoms with Gasteiger partial charge in [-0.1, -0.05) is 13.8 Å². The summed E-state index contributed by atoms with van der Waals surface area (Å²) in [6, 6.07) is 1.18. The molecule has 0 bridgehead atoms. The molecule has 2 fully saturated rings. The van der Waals surface area contributed by atoms with Gasteiger partial charge in [-0.2, -0.15) is 0 Å². The number of rotatable bonds is 6. The highest BCUT2D eigenvalue weighted by molar-refractivity contribution is 5.84. The molecule has 3 unspecified atom stereocenters. The van der Waals surface area contributed by atoms with E-state index in [1.807, 2.05) is 7.05 Å². The summed E-state index contributed by atoms with van der Waals surface area (Å²) in [7, 11) is 1.87. The second-order valence-corrected chi connectivity index (χ2v) is 6.61. The largest absolute Gasteiger partial charge is 0.368 e. The first kappa shape index (κ1) is 16.7. The van der Waals surface area contributed by atoms with Gasteiger partial charge in [0.2, 0.25) is 5.91 Å². The maximum atomic E-state index is 11.9. The summed E-state index contributed by atoms with van der Waals surface area (Å²) in [4.78, 5) is 17.0. The Kier molecular flexibility index (Phi) is 5.63. The van der Waals surface area contributed by atoms with E-state index in [-0.39, 0.29) is 5.91 Å². The zero-order valence-electron chi connectivity index (χ0n) is 13.9. The summed E-state index contributed by atoms with van der Waals surface area (Å²) >= 11 is 0. The van der Waals surface area contributed by atoms with Crippen LogP contribution in [0.4, 0.5) is 0 Å². The number of nitrogens with two attached hydrogens (primary N) is 1. The average Bonchev–Trinajstić information content (AvgIpc) is 2.98. The lowest BCUT2D eigenvalue weighted by atomic mass is 9.78. The number of hydrogen-bond acceptors (Lipinski definition) is 4. The highest BCUT2D eigenvalue weighted by atomic mass is 16.1. The number of hydrogen-bond donors (Lipinski definition) is 2. The normalized spacial score (nSPS) is 34.5. The van der Waals surface area contributed by atoms with Crippen molar-refractivity contribution < 1.29 is 4.79 Å². The number of nitrogens with zero attached hydrogens (tertiary/aromatic N) is 2. The van der Waals surface area contributed by atoms with E-state index in [1.165, 1.54) is 12.8 Å². The minimum absolute atomic E-state index is 0.186. The third-order valence-electron chi connectivity index (χ3n) is 5.72. The van der Waals surface area contributed by atoms with Crippen LogP contribution in [0.5, 0.6) is 0 Å². The molecule has 1 saturated carbocycles. The van der Waals surface area contributed by atoms with Gasteiger partial charge in [0, 0.05) is 25.2 Å². The van der Waals surface area contributed by atoms with E-state index in [2.05, 4.69) is 29.0 Å². The van der Waals surface area contributed by atoms with Crippen molar-refractivity contribution in [1.29, 1.82) is 0 Å². The molecular formula is C16H32N4O. The van der Waals surface area contributed by atoms with Crippen LogP contribution >= 0.6 is 0 Å². The molecule has 1 saturated heterocycles. The van der Waals surface area contributed by atoms with Gasteiger partial charge in [0.1, 0.15) is 0 Å². The first-order valence-electron chi connectivity index (χ1n) is 8.53. The zero-order chi connectivity index (χ0) is 15.5. The Labute approximate surface area is 129 Å². The number of carbonyl (C=O) groups excluding carboxylic acids is 1. The maximum Gasteiger partial charge on any atom is 0.237 e. The highest BCUT2D eigenvalue weighted by Gasteiger charge is 2.43. The molecule has 0 aromatic rings. The first-order valence-corrected chi connectivity index (χ1v) is 8.53. The van der Waals surface area contributed by atoms with Crippen LogP contribution in [0.2, 0.25) is 0 Å². The van der Waals surface area contributed by atoms with Gasteiger partial charge < -0.3 is 11.1 Å². The lowest BCUT2D eigenvalue weighted by Gasteiger charge is -2.42. The van der Waals surface area contributed by atoms with Crippen LogP contribution in [-0.2, 0) is 4.79 Å². The van der Waals surface area contributed by atoms with Gasteiger partial charge in [-0.3, -0.25) is 14.6 Å². The summed E-state index contributed by atoms with van der Waals surface area (Å²) in [5.41, 5.74) is 5.17. The van der Waals surface area contributed by atoms with E-state index in [4.69, 9.17) is 5.73 Å². The zero-order valence-corrected chi connectivity index (χ0v) is 13.9.